The molecule has 4 nitrogen and oxygen atoms in total. The molecule has 0 unspecified atom stereocenters. The molecule has 21 heavy (non-hydrogen) atoms. The van der Waals surface area contributed by atoms with Crippen LogP contribution in [0.15, 0.2) is 30.5 Å². The molecule has 0 fully saturated rings. The van der Waals surface area contributed by atoms with E-state index in [-0.39, 0.29) is 11.0 Å². The summed E-state index contributed by atoms with van der Waals surface area (Å²) in [6, 6.07) is 7.59. The summed E-state index contributed by atoms with van der Waals surface area (Å²) in [5, 5.41) is 13.6. The maximum atomic E-state index is 11.4. The molecular weight excluding hydrogens is 264 g/mol. The van der Waals surface area contributed by atoms with Crippen LogP contribution in [0.5, 0.6) is 0 Å². The Morgan fingerprint density at radius 3 is 2.62 bits per heavy atom. The molecule has 2 aromatic rings. The molecule has 1 aromatic heterocycles. The van der Waals surface area contributed by atoms with Crippen LogP contribution in [0.3, 0.4) is 0 Å². The van der Waals surface area contributed by atoms with Crippen molar-refractivity contribution in [2.45, 2.75) is 27.7 Å². The van der Waals surface area contributed by atoms with Gasteiger partial charge in [0.05, 0.1) is 11.2 Å². The van der Waals surface area contributed by atoms with E-state index >= 15 is 0 Å². The molecule has 0 saturated carbocycles. The van der Waals surface area contributed by atoms with E-state index in [0.717, 1.165) is 10.9 Å². The van der Waals surface area contributed by atoms with Gasteiger partial charge in [0.1, 0.15) is 5.56 Å². The number of carbonyl (C=O) groups is 1. The number of rotatable bonds is 5. The summed E-state index contributed by atoms with van der Waals surface area (Å²) in [5.74, 6) is -0.468. The number of pyridine rings is 1. The van der Waals surface area contributed by atoms with Gasteiger partial charge in [0.15, 0.2) is 0 Å². The van der Waals surface area contributed by atoms with Crippen LogP contribution in [-0.4, -0.2) is 22.6 Å². The van der Waals surface area contributed by atoms with Crippen molar-refractivity contribution in [3.8, 4) is 0 Å². The molecule has 0 bridgehead atoms. The van der Waals surface area contributed by atoms with E-state index in [0.29, 0.717) is 18.2 Å². The number of fused-ring (bicyclic) bond motifs is 1. The van der Waals surface area contributed by atoms with Gasteiger partial charge in [-0.05, 0) is 17.4 Å². The highest BCUT2D eigenvalue weighted by atomic mass is 16.4. The molecule has 2 N–H and O–H groups in total. The van der Waals surface area contributed by atoms with E-state index in [1.807, 2.05) is 24.3 Å². The van der Waals surface area contributed by atoms with E-state index in [9.17, 15) is 9.90 Å². The molecule has 0 aliphatic heterocycles. The van der Waals surface area contributed by atoms with Gasteiger partial charge < -0.3 is 10.4 Å². The Balaban J connectivity index is 2.45. The number of benzene rings is 1. The van der Waals surface area contributed by atoms with E-state index in [2.05, 4.69) is 38.0 Å². The second-order valence-electron chi connectivity index (χ2n) is 6.37. The zero-order chi connectivity index (χ0) is 15.6. The van der Waals surface area contributed by atoms with Gasteiger partial charge in [0.2, 0.25) is 0 Å². The van der Waals surface area contributed by atoms with Crippen LogP contribution in [0.2, 0.25) is 0 Å². The highest BCUT2D eigenvalue weighted by Crippen LogP contribution is 2.30. The molecule has 2 rings (SSSR count). The summed E-state index contributed by atoms with van der Waals surface area (Å²) in [6.45, 7) is 9.40. The molecule has 0 saturated heterocycles. The number of para-hydroxylation sites is 1. The van der Waals surface area contributed by atoms with Gasteiger partial charge in [-0.2, -0.15) is 0 Å². The van der Waals surface area contributed by atoms with Crippen molar-refractivity contribution >= 4 is 22.6 Å². The second kappa shape index (κ2) is 5.72. The maximum Gasteiger partial charge on any atom is 0.339 e. The fraction of sp³-hybridized carbons (Fsp3) is 0.412. The van der Waals surface area contributed by atoms with E-state index in [1.165, 1.54) is 6.20 Å². The normalized spacial score (nSPS) is 11.9. The molecule has 0 aliphatic rings. The minimum atomic E-state index is -0.960. The van der Waals surface area contributed by atoms with Crippen LogP contribution in [0.4, 0.5) is 5.69 Å². The Kier molecular flexibility index (Phi) is 4.16. The van der Waals surface area contributed by atoms with Gasteiger partial charge in [-0.3, -0.25) is 4.98 Å². The Bertz CT molecular complexity index is 663. The number of anilines is 1. The van der Waals surface area contributed by atoms with Crippen LogP contribution in [0.25, 0.3) is 10.9 Å². The molecule has 0 spiro atoms. The quantitative estimate of drug-likeness (QED) is 0.871. The standard InChI is InChI=1S/C17H22N2O2/c1-11(2)17(3,4)10-19-15-12-7-5-6-8-14(12)18-9-13(15)16(20)21/h5-9,11H,10H2,1-4H3,(H,18,19)(H,20,21). The lowest BCUT2D eigenvalue weighted by Crippen LogP contribution is -2.29. The third kappa shape index (κ3) is 3.15. The number of nitrogens with zero attached hydrogens (tertiary/aromatic N) is 1. The van der Waals surface area contributed by atoms with Crippen molar-refractivity contribution in [3.05, 3.63) is 36.0 Å². The first kappa shape index (κ1) is 15.3. The molecule has 112 valence electrons. The highest BCUT2D eigenvalue weighted by molar-refractivity contribution is 6.04. The lowest BCUT2D eigenvalue weighted by atomic mass is 9.81. The molecule has 0 aliphatic carbocycles. The molecule has 1 heterocycles. The monoisotopic (exact) mass is 286 g/mol. The first-order chi connectivity index (χ1) is 9.83. The summed E-state index contributed by atoms with van der Waals surface area (Å²) in [5.41, 5.74) is 1.74. The first-order valence-corrected chi connectivity index (χ1v) is 7.18. The Morgan fingerprint density at radius 2 is 2.00 bits per heavy atom. The second-order valence-corrected chi connectivity index (χ2v) is 6.37. The minimum Gasteiger partial charge on any atom is -0.478 e. The van der Waals surface area contributed by atoms with Crippen molar-refractivity contribution in [1.82, 2.24) is 4.98 Å². The maximum absolute atomic E-state index is 11.4. The third-order valence-corrected chi connectivity index (χ3v) is 4.29. The summed E-state index contributed by atoms with van der Waals surface area (Å²) in [4.78, 5) is 15.7. The predicted octanol–water partition coefficient (Wildman–Crippen LogP) is 4.03. The Labute approximate surface area is 125 Å². The fourth-order valence-electron chi connectivity index (χ4n) is 2.01. The topological polar surface area (TPSA) is 62.2 Å². The molecule has 0 amide bonds. The molecule has 1 aromatic carbocycles. The number of hydrogen-bond acceptors (Lipinski definition) is 3. The van der Waals surface area contributed by atoms with E-state index < -0.39 is 5.97 Å². The van der Waals surface area contributed by atoms with Gasteiger partial charge in [-0.1, -0.05) is 45.9 Å². The van der Waals surface area contributed by atoms with Crippen molar-refractivity contribution in [1.29, 1.82) is 0 Å². The van der Waals surface area contributed by atoms with Crippen LogP contribution >= 0.6 is 0 Å². The summed E-state index contributed by atoms with van der Waals surface area (Å²) in [7, 11) is 0. The third-order valence-electron chi connectivity index (χ3n) is 4.29. The van der Waals surface area contributed by atoms with Gasteiger partial charge in [-0.25, -0.2) is 4.79 Å². The zero-order valence-corrected chi connectivity index (χ0v) is 13.0. The number of hydrogen-bond donors (Lipinski definition) is 2. The van der Waals surface area contributed by atoms with Gasteiger partial charge >= 0.3 is 5.97 Å². The number of nitrogens with one attached hydrogen (secondary N) is 1. The van der Waals surface area contributed by atoms with Crippen LogP contribution in [0, 0.1) is 11.3 Å². The van der Waals surface area contributed by atoms with E-state index in [1.54, 1.807) is 0 Å². The predicted molar refractivity (Wildman–Crippen MR) is 85.8 cm³/mol. The van der Waals surface area contributed by atoms with Crippen LogP contribution < -0.4 is 5.32 Å². The Morgan fingerprint density at radius 1 is 1.33 bits per heavy atom. The highest BCUT2D eigenvalue weighted by Gasteiger charge is 2.23. The summed E-state index contributed by atoms with van der Waals surface area (Å²) in [6.07, 6.45) is 1.43. The van der Waals surface area contributed by atoms with E-state index in [4.69, 9.17) is 0 Å². The molecular formula is C17H22N2O2. The van der Waals surface area contributed by atoms with Crippen molar-refractivity contribution in [3.63, 3.8) is 0 Å². The number of carboxylic acids is 1. The lowest BCUT2D eigenvalue weighted by Gasteiger charge is -2.30. The lowest BCUT2D eigenvalue weighted by molar-refractivity contribution is 0.0697. The smallest absolute Gasteiger partial charge is 0.339 e. The summed E-state index contributed by atoms with van der Waals surface area (Å²) >= 11 is 0. The summed E-state index contributed by atoms with van der Waals surface area (Å²) < 4.78 is 0. The van der Waals surface area contributed by atoms with Crippen molar-refractivity contribution < 1.29 is 9.90 Å². The van der Waals surface area contributed by atoms with Crippen molar-refractivity contribution in [2.24, 2.45) is 11.3 Å². The molecule has 0 atom stereocenters. The van der Waals surface area contributed by atoms with Gasteiger partial charge in [-0.15, -0.1) is 0 Å². The molecule has 4 heteroatoms. The number of aromatic carboxylic acids is 1. The SMILES string of the molecule is CC(C)C(C)(C)CNc1c(C(=O)O)cnc2ccccc12. The van der Waals surface area contributed by atoms with Crippen molar-refractivity contribution in [2.75, 3.05) is 11.9 Å². The number of aromatic nitrogens is 1. The van der Waals surface area contributed by atoms with Gasteiger partial charge in [0.25, 0.3) is 0 Å². The zero-order valence-electron chi connectivity index (χ0n) is 13.0. The first-order valence-electron chi connectivity index (χ1n) is 7.18. The molecule has 0 radical (unpaired) electrons. The Hall–Kier alpha value is -2.10. The number of carboxylic acid groups (broad SMARTS) is 1. The fourth-order valence-corrected chi connectivity index (χ4v) is 2.01. The average molecular weight is 286 g/mol. The largest absolute Gasteiger partial charge is 0.478 e. The minimum absolute atomic E-state index is 0.0696. The van der Waals surface area contributed by atoms with Crippen LogP contribution in [-0.2, 0) is 0 Å². The average Bonchev–Trinajstić information content (AvgIpc) is 2.44. The van der Waals surface area contributed by atoms with Gasteiger partial charge in [0, 0.05) is 18.1 Å². The van der Waals surface area contributed by atoms with Crippen LogP contribution in [0.1, 0.15) is 38.1 Å².